The standard InChI is InChI=1S/C18H13ClN2OS/c19-10-11-23-18-16(12-20)14-8-4-5-9-15(14)17(22)21(18)13-6-2-1-3-7-13/h1-9H,10-11H2. The molecule has 1 heterocycles. The molecule has 2 aromatic carbocycles. The number of pyridine rings is 1. The summed E-state index contributed by atoms with van der Waals surface area (Å²) in [5.74, 6) is 1.08. The van der Waals surface area contributed by atoms with Gasteiger partial charge in [0.15, 0.2) is 0 Å². The highest BCUT2D eigenvalue weighted by Crippen LogP contribution is 2.29. The molecule has 0 aliphatic rings. The van der Waals surface area contributed by atoms with Crippen LogP contribution in [0.2, 0.25) is 0 Å². The number of hydrogen-bond donors (Lipinski definition) is 0. The molecule has 0 atom stereocenters. The zero-order valence-electron chi connectivity index (χ0n) is 12.2. The van der Waals surface area contributed by atoms with Crippen LogP contribution < -0.4 is 5.56 Å². The summed E-state index contributed by atoms with van der Waals surface area (Å²) in [6, 6.07) is 18.9. The largest absolute Gasteiger partial charge is 0.270 e. The maximum absolute atomic E-state index is 13.0. The molecule has 0 N–H and O–H groups in total. The first-order valence-corrected chi connectivity index (χ1v) is 8.62. The lowest BCUT2D eigenvalue weighted by Gasteiger charge is -2.16. The Bertz CT molecular complexity index is 945. The fraction of sp³-hybridized carbons (Fsp3) is 0.111. The van der Waals surface area contributed by atoms with Crippen molar-refractivity contribution in [2.75, 3.05) is 11.6 Å². The Morgan fingerprint density at radius 3 is 2.35 bits per heavy atom. The second-order valence-electron chi connectivity index (χ2n) is 4.85. The predicted octanol–water partition coefficient (Wildman–Crippen LogP) is 4.19. The van der Waals surface area contributed by atoms with Gasteiger partial charge in [0.05, 0.1) is 5.56 Å². The van der Waals surface area contributed by atoms with E-state index in [1.807, 2.05) is 48.5 Å². The maximum Gasteiger partial charge on any atom is 0.263 e. The molecule has 0 fully saturated rings. The van der Waals surface area contributed by atoms with Crippen LogP contribution in [0.5, 0.6) is 0 Å². The summed E-state index contributed by atoms with van der Waals surface area (Å²) in [7, 11) is 0. The maximum atomic E-state index is 13.0. The molecule has 0 aliphatic heterocycles. The summed E-state index contributed by atoms with van der Waals surface area (Å²) < 4.78 is 1.61. The molecule has 23 heavy (non-hydrogen) atoms. The summed E-state index contributed by atoms with van der Waals surface area (Å²) in [4.78, 5) is 13.0. The van der Waals surface area contributed by atoms with E-state index >= 15 is 0 Å². The molecular weight excluding hydrogens is 328 g/mol. The van der Waals surface area contributed by atoms with Crippen molar-refractivity contribution >= 4 is 34.1 Å². The molecule has 5 heteroatoms. The highest BCUT2D eigenvalue weighted by atomic mass is 35.5. The van der Waals surface area contributed by atoms with E-state index in [1.165, 1.54) is 11.8 Å². The number of thioether (sulfide) groups is 1. The SMILES string of the molecule is N#Cc1c(SCCCl)n(-c2ccccc2)c(=O)c2ccccc12. The summed E-state index contributed by atoms with van der Waals surface area (Å²) in [6.07, 6.45) is 0. The van der Waals surface area contributed by atoms with Gasteiger partial charge in [-0.2, -0.15) is 5.26 Å². The molecule has 3 nitrogen and oxygen atoms in total. The van der Waals surface area contributed by atoms with Crippen LogP contribution in [0.15, 0.2) is 64.4 Å². The van der Waals surface area contributed by atoms with Gasteiger partial charge in [-0.1, -0.05) is 36.4 Å². The first-order valence-electron chi connectivity index (χ1n) is 7.10. The monoisotopic (exact) mass is 340 g/mol. The van der Waals surface area contributed by atoms with Gasteiger partial charge in [0, 0.05) is 28.1 Å². The van der Waals surface area contributed by atoms with Crippen LogP contribution in [0.4, 0.5) is 0 Å². The van der Waals surface area contributed by atoms with Gasteiger partial charge in [0.2, 0.25) is 0 Å². The number of aromatic nitrogens is 1. The molecule has 0 spiro atoms. The molecule has 1 aromatic heterocycles. The Morgan fingerprint density at radius 2 is 1.70 bits per heavy atom. The topological polar surface area (TPSA) is 45.8 Å². The van der Waals surface area contributed by atoms with Crippen LogP contribution in [0.1, 0.15) is 5.56 Å². The molecule has 3 aromatic rings. The number of hydrogen-bond acceptors (Lipinski definition) is 3. The average Bonchev–Trinajstić information content (AvgIpc) is 2.61. The third-order valence-corrected chi connectivity index (χ3v) is 4.97. The Balaban J connectivity index is 2.43. The van der Waals surface area contributed by atoms with Crippen LogP contribution in [0.3, 0.4) is 0 Å². The molecule has 3 rings (SSSR count). The lowest BCUT2D eigenvalue weighted by atomic mass is 10.1. The van der Waals surface area contributed by atoms with Crippen molar-refractivity contribution in [2.45, 2.75) is 5.03 Å². The number of alkyl halides is 1. The third-order valence-electron chi connectivity index (χ3n) is 3.49. The number of halogens is 1. The fourth-order valence-corrected chi connectivity index (χ4v) is 3.64. The summed E-state index contributed by atoms with van der Waals surface area (Å²) in [5, 5.41) is 11.5. The Labute approximate surface area is 143 Å². The minimum absolute atomic E-state index is 0.122. The minimum Gasteiger partial charge on any atom is -0.270 e. The van der Waals surface area contributed by atoms with Gasteiger partial charge in [-0.15, -0.1) is 23.4 Å². The molecule has 0 bridgehead atoms. The highest BCUT2D eigenvalue weighted by Gasteiger charge is 2.17. The normalized spacial score (nSPS) is 10.6. The number of nitriles is 1. The van der Waals surface area contributed by atoms with Crippen LogP contribution in [-0.4, -0.2) is 16.2 Å². The van der Waals surface area contributed by atoms with Crippen molar-refractivity contribution in [3.63, 3.8) is 0 Å². The zero-order chi connectivity index (χ0) is 16.2. The van der Waals surface area contributed by atoms with E-state index in [9.17, 15) is 10.1 Å². The Morgan fingerprint density at radius 1 is 1.04 bits per heavy atom. The predicted molar refractivity (Wildman–Crippen MR) is 95.7 cm³/mol. The van der Waals surface area contributed by atoms with Crippen molar-refractivity contribution in [3.05, 3.63) is 70.5 Å². The van der Waals surface area contributed by atoms with Crippen molar-refractivity contribution in [3.8, 4) is 11.8 Å². The Hall–Kier alpha value is -2.22. The van der Waals surface area contributed by atoms with Gasteiger partial charge in [-0.05, 0) is 18.2 Å². The van der Waals surface area contributed by atoms with E-state index in [4.69, 9.17) is 11.6 Å². The first kappa shape index (κ1) is 15.7. The molecule has 0 amide bonds. The lowest BCUT2D eigenvalue weighted by molar-refractivity contribution is 0.884. The second kappa shape index (κ2) is 6.91. The van der Waals surface area contributed by atoms with Gasteiger partial charge in [-0.3, -0.25) is 9.36 Å². The molecule has 0 aliphatic carbocycles. The number of fused-ring (bicyclic) bond motifs is 1. The summed E-state index contributed by atoms with van der Waals surface area (Å²) in [6.45, 7) is 0. The van der Waals surface area contributed by atoms with Gasteiger partial charge in [0.25, 0.3) is 5.56 Å². The number of rotatable bonds is 4. The molecular formula is C18H13ClN2OS. The van der Waals surface area contributed by atoms with E-state index in [0.29, 0.717) is 33.0 Å². The number of para-hydroxylation sites is 1. The minimum atomic E-state index is -0.122. The van der Waals surface area contributed by atoms with Crippen LogP contribution in [-0.2, 0) is 0 Å². The highest BCUT2D eigenvalue weighted by molar-refractivity contribution is 7.99. The molecule has 114 valence electrons. The van der Waals surface area contributed by atoms with Gasteiger partial charge in [-0.25, -0.2) is 0 Å². The van der Waals surface area contributed by atoms with E-state index < -0.39 is 0 Å². The number of benzene rings is 2. The molecule has 0 radical (unpaired) electrons. The quantitative estimate of drug-likeness (QED) is 0.528. The van der Waals surface area contributed by atoms with E-state index in [1.54, 1.807) is 10.6 Å². The number of nitrogens with zero attached hydrogens (tertiary/aromatic N) is 2. The molecule has 0 unspecified atom stereocenters. The summed E-state index contributed by atoms with van der Waals surface area (Å²) >= 11 is 7.24. The van der Waals surface area contributed by atoms with Crippen molar-refractivity contribution in [1.82, 2.24) is 4.57 Å². The van der Waals surface area contributed by atoms with Crippen molar-refractivity contribution in [2.24, 2.45) is 0 Å². The lowest BCUT2D eigenvalue weighted by Crippen LogP contribution is -2.21. The van der Waals surface area contributed by atoms with Gasteiger partial charge >= 0.3 is 0 Å². The fourth-order valence-electron chi connectivity index (χ4n) is 2.52. The van der Waals surface area contributed by atoms with E-state index in [0.717, 1.165) is 5.69 Å². The van der Waals surface area contributed by atoms with Crippen LogP contribution in [0.25, 0.3) is 16.5 Å². The summed E-state index contributed by atoms with van der Waals surface area (Å²) in [5.41, 5.74) is 1.14. The van der Waals surface area contributed by atoms with Crippen molar-refractivity contribution in [1.29, 1.82) is 5.26 Å². The zero-order valence-corrected chi connectivity index (χ0v) is 13.8. The van der Waals surface area contributed by atoms with Gasteiger partial charge < -0.3 is 0 Å². The second-order valence-corrected chi connectivity index (χ2v) is 6.31. The van der Waals surface area contributed by atoms with Crippen LogP contribution in [0, 0.1) is 11.3 Å². The molecule has 0 saturated heterocycles. The van der Waals surface area contributed by atoms with Crippen molar-refractivity contribution < 1.29 is 0 Å². The first-order chi connectivity index (χ1) is 11.3. The third kappa shape index (κ3) is 2.86. The van der Waals surface area contributed by atoms with Gasteiger partial charge in [0.1, 0.15) is 11.1 Å². The Kier molecular flexibility index (Phi) is 4.71. The van der Waals surface area contributed by atoms with Crippen LogP contribution >= 0.6 is 23.4 Å². The smallest absolute Gasteiger partial charge is 0.263 e. The van der Waals surface area contributed by atoms with E-state index in [2.05, 4.69) is 6.07 Å². The average molecular weight is 341 g/mol. The molecule has 0 saturated carbocycles. The van der Waals surface area contributed by atoms with E-state index in [-0.39, 0.29) is 5.56 Å².